The van der Waals surface area contributed by atoms with Crippen molar-refractivity contribution in [2.75, 3.05) is 23.4 Å². The Morgan fingerprint density at radius 2 is 2.08 bits per heavy atom. The molecule has 1 aliphatic rings. The molecule has 6 nitrogen and oxygen atoms in total. The highest BCUT2D eigenvalue weighted by atomic mass is 32.2. The average Bonchev–Trinajstić information content (AvgIpc) is 2.78. The van der Waals surface area contributed by atoms with Crippen LogP contribution in [0.15, 0.2) is 18.2 Å². The maximum Gasteiger partial charge on any atom is 0.418 e. The second kappa shape index (κ2) is 6.88. The Morgan fingerprint density at radius 3 is 2.62 bits per heavy atom. The molecule has 1 aliphatic heterocycles. The molecule has 1 unspecified atom stereocenters. The van der Waals surface area contributed by atoms with E-state index in [1.165, 1.54) is 6.07 Å². The van der Waals surface area contributed by atoms with E-state index in [4.69, 9.17) is 4.74 Å². The average molecular weight is 366 g/mol. The Hall–Kier alpha value is -1.97. The minimum absolute atomic E-state index is 0.0395. The first kappa shape index (κ1) is 18.4. The van der Waals surface area contributed by atoms with Crippen molar-refractivity contribution >= 4 is 21.6 Å². The minimum atomic E-state index is -4.67. The zero-order chi connectivity index (χ0) is 18.0. The Bertz CT molecular complexity index is 719. The molecule has 1 saturated heterocycles. The van der Waals surface area contributed by atoms with Crippen LogP contribution in [0, 0.1) is 0 Å². The molecule has 2 N–H and O–H groups in total. The van der Waals surface area contributed by atoms with E-state index in [1.807, 2.05) is 0 Å². The lowest BCUT2D eigenvalue weighted by Crippen LogP contribution is -2.38. The van der Waals surface area contributed by atoms with Crippen LogP contribution >= 0.6 is 0 Å². The molecule has 0 aromatic heterocycles. The van der Waals surface area contributed by atoms with Gasteiger partial charge < -0.3 is 15.4 Å². The molecule has 1 fully saturated rings. The van der Waals surface area contributed by atoms with Crippen LogP contribution in [0.5, 0.6) is 5.75 Å². The lowest BCUT2D eigenvalue weighted by atomic mass is 10.1. The zero-order valence-corrected chi connectivity index (χ0v) is 13.6. The number of hydrogen-bond donors (Lipinski definition) is 2. The lowest BCUT2D eigenvalue weighted by molar-refractivity contribution is -0.137. The van der Waals surface area contributed by atoms with Gasteiger partial charge in [0.05, 0.1) is 29.4 Å². The number of carbonyl (C=O) groups excluding carboxylic acids is 1. The first-order valence-electron chi connectivity index (χ1n) is 7.22. The number of ether oxygens (including phenoxy) is 1. The Morgan fingerprint density at radius 1 is 1.38 bits per heavy atom. The smallest absolute Gasteiger partial charge is 0.418 e. The zero-order valence-electron chi connectivity index (χ0n) is 12.8. The standard InChI is InChI=1S/C14H17F3N2O4S/c1-2-23-10-3-4-12(11(7-10)14(15,16)17)19-13(20)18-9-5-6-24(21,22)8-9/h3-4,7,9H,2,5-6,8H2,1H3,(H2,18,19,20). The van der Waals surface area contributed by atoms with E-state index in [9.17, 15) is 26.4 Å². The van der Waals surface area contributed by atoms with Crippen molar-refractivity contribution in [1.82, 2.24) is 5.32 Å². The van der Waals surface area contributed by atoms with Crippen molar-refractivity contribution in [3.05, 3.63) is 23.8 Å². The van der Waals surface area contributed by atoms with Crippen LogP contribution in [0.1, 0.15) is 18.9 Å². The van der Waals surface area contributed by atoms with Gasteiger partial charge in [0.25, 0.3) is 0 Å². The summed E-state index contributed by atoms with van der Waals surface area (Å²) in [5.41, 5.74) is -1.47. The fraction of sp³-hybridized carbons (Fsp3) is 0.500. The van der Waals surface area contributed by atoms with Crippen molar-refractivity contribution in [3.63, 3.8) is 0 Å². The highest BCUT2D eigenvalue weighted by Gasteiger charge is 2.35. The quantitative estimate of drug-likeness (QED) is 0.857. The molecule has 134 valence electrons. The second-order valence-electron chi connectivity index (χ2n) is 5.34. The van der Waals surface area contributed by atoms with Crippen molar-refractivity contribution in [1.29, 1.82) is 0 Å². The summed E-state index contributed by atoms with van der Waals surface area (Å²) in [6, 6.07) is 1.73. The number of nitrogens with one attached hydrogen (secondary N) is 2. The van der Waals surface area contributed by atoms with Crippen LogP contribution in [-0.2, 0) is 16.0 Å². The molecular weight excluding hydrogens is 349 g/mol. The van der Waals surface area contributed by atoms with Crippen LogP contribution in [-0.4, -0.2) is 38.6 Å². The third-order valence-electron chi connectivity index (χ3n) is 3.42. The summed E-state index contributed by atoms with van der Waals surface area (Å²) in [6.45, 7) is 1.85. The van der Waals surface area contributed by atoms with Gasteiger partial charge >= 0.3 is 12.2 Å². The van der Waals surface area contributed by atoms with Crippen LogP contribution < -0.4 is 15.4 Å². The SMILES string of the molecule is CCOc1ccc(NC(=O)NC2CCS(=O)(=O)C2)c(C(F)(F)F)c1. The Balaban J connectivity index is 2.12. The topological polar surface area (TPSA) is 84.5 Å². The normalized spacial score (nSPS) is 19.8. The highest BCUT2D eigenvalue weighted by Crippen LogP contribution is 2.37. The molecule has 0 bridgehead atoms. The van der Waals surface area contributed by atoms with Gasteiger partial charge in [-0.3, -0.25) is 0 Å². The molecule has 0 aliphatic carbocycles. The molecule has 0 saturated carbocycles. The van der Waals surface area contributed by atoms with E-state index in [0.29, 0.717) is 0 Å². The van der Waals surface area contributed by atoms with Gasteiger partial charge in [-0.05, 0) is 31.5 Å². The Kier molecular flexibility index (Phi) is 5.26. The van der Waals surface area contributed by atoms with Crippen molar-refractivity contribution in [2.24, 2.45) is 0 Å². The molecule has 0 radical (unpaired) electrons. The molecule has 1 heterocycles. The fourth-order valence-electron chi connectivity index (χ4n) is 2.38. The van der Waals surface area contributed by atoms with Gasteiger partial charge in [0.1, 0.15) is 5.75 Å². The minimum Gasteiger partial charge on any atom is -0.494 e. The molecule has 2 amide bonds. The van der Waals surface area contributed by atoms with Gasteiger partial charge in [-0.15, -0.1) is 0 Å². The van der Waals surface area contributed by atoms with E-state index in [1.54, 1.807) is 6.92 Å². The molecule has 24 heavy (non-hydrogen) atoms. The summed E-state index contributed by atoms with van der Waals surface area (Å²) in [7, 11) is -3.20. The van der Waals surface area contributed by atoms with E-state index < -0.39 is 39.3 Å². The molecule has 1 atom stereocenters. The van der Waals surface area contributed by atoms with Gasteiger partial charge in [0.15, 0.2) is 9.84 Å². The molecule has 2 rings (SSSR count). The molecule has 10 heteroatoms. The van der Waals surface area contributed by atoms with Gasteiger partial charge in [-0.2, -0.15) is 13.2 Å². The third kappa shape index (κ3) is 4.76. The number of alkyl halides is 3. The van der Waals surface area contributed by atoms with E-state index in [-0.39, 0.29) is 30.3 Å². The number of anilines is 1. The molecular formula is C14H17F3N2O4S. The monoisotopic (exact) mass is 366 g/mol. The lowest BCUT2D eigenvalue weighted by Gasteiger charge is -2.17. The summed E-state index contributed by atoms with van der Waals surface area (Å²) in [6.07, 6.45) is -4.43. The van der Waals surface area contributed by atoms with Crippen LogP contribution in [0.3, 0.4) is 0 Å². The maximum atomic E-state index is 13.1. The second-order valence-corrected chi connectivity index (χ2v) is 7.57. The summed E-state index contributed by atoms with van der Waals surface area (Å²) in [5.74, 6) is -0.220. The molecule has 0 spiro atoms. The largest absolute Gasteiger partial charge is 0.494 e. The number of hydrogen-bond acceptors (Lipinski definition) is 4. The van der Waals surface area contributed by atoms with Gasteiger partial charge in [-0.1, -0.05) is 0 Å². The number of halogens is 3. The maximum absolute atomic E-state index is 13.1. The third-order valence-corrected chi connectivity index (χ3v) is 5.19. The number of amides is 2. The van der Waals surface area contributed by atoms with Gasteiger partial charge in [0.2, 0.25) is 0 Å². The van der Waals surface area contributed by atoms with Crippen LogP contribution in [0.25, 0.3) is 0 Å². The van der Waals surface area contributed by atoms with Gasteiger partial charge in [-0.25, -0.2) is 13.2 Å². The number of sulfone groups is 1. The molecule has 1 aromatic carbocycles. The predicted octanol–water partition coefficient (Wildman–Crippen LogP) is 2.41. The summed E-state index contributed by atoms with van der Waals surface area (Å²) < 4.78 is 67.1. The van der Waals surface area contributed by atoms with Crippen molar-refractivity contribution in [3.8, 4) is 5.75 Å². The van der Waals surface area contributed by atoms with E-state index in [0.717, 1.165) is 12.1 Å². The van der Waals surface area contributed by atoms with Crippen molar-refractivity contribution in [2.45, 2.75) is 25.6 Å². The van der Waals surface area contributed by atoms with Crippen LogP contribution in [0.2, 0.25) is 0 Å². The Labute approximate surface area is 137 Å². The first-order chi connectivity index (χ1) is 11.1. The number of urea groups is 1. The highest BCUT2D eigenvalue weighted by molar-refractivity contribution is 7.91. The van der Waals surface area contributed by atoms with Crippen molar-refractivity contribution < 1.29 is 31.1 Å². The van der Waals surface area contributed by atoms with Gasteiger partial charge in [0, 0.05) is 6.04 Å². The van der Waals surface area contributed by atoms with Crippen LogP contribution in [0.4, 0.5) is 23.7 Å². The first-order valence-corrected chi connectivity index (χ1v) is 9.05. The summed E-state index contributed by atoms with van der Waals surface area (Å²) in [4.78, 5) is 11.9. The van der Waals surface area contributed by atoms with E-state index >= 15 is 0 Å². The summed E-state index contributed by atoms with van der Waals surface area (Å²) in [5, 5.41) is 4.49. The number of rotatable bonds is 4. The number of benzene rings is 1. The van der Waals surface area contributed by atoms with E-state index in [2.05, 4.69) is 10.6 Å². The summed E-state index contributed by atoms with van der Waals surface area (Å²) >= 11 is 0. The fourth-order valence-corrected chi connectivity index (χ4v) is 4.05. The number of carbonyl (C=O) groups is 1. The molecule has 1 aromatic rings. The predicted molar refractivity (Wildman–Crippen MR) is 81.8 cm³/mol.